The van der Waals surface area contributed by atoms with E-state index in [4.69, 9.17) is 23.7 Å². The first-order valence-corrected chi connectivity index (χ1v) is 15.5. The first kappa shape index (κ1) is 26.7. The van der Waals surface area contributed by atoms with Crippen molar-refractivity contribution in [3.63, 3.8) is 0 Å². The van der Waals surface area contributed by atoms with Gasteiger partial charge in [0.1, 0.15) is 6.79 Å². The number of esters is 1. The molecule has 3 fully saturated rings. The zero-order chi connectivity index (χ0) is 23.2. The molecule has 0 spiro atoms. The maximum absolute atomic E-state index is 12.1. The monoisotopic (exact) mass is 460 g/mol. The van der Waals surface area contributed by atoms with Crippen LogP contribution in [0.2, 0.25) is 25.7 Å². The minimum atomic E-state index is -1.13. The lowest BCUT2D eigenvalue weighted by Crippen LogP contribution is -2.57. The molecule has 0 aromatic heterocycles. The molecule has 0 aliphatic carbocycles. The topological polar surface area (TPSA) is 83.5 Å². The molecule has 0 aromatic rings. The predicted molar refractivity (Wildman–Crippen MR) is 122 cm³/mol. The van der Waals surface area contributed by atoms with Crippen molar-refractivity contribution >= 4 is 14.0 Å². The third kappa shape index (κ3) is 8.74. The molecule has 0 amide bonds. The van der Waals surface area contributed by atoms with Gasteiger partial charge in [0, 0.05) is 33.9 Å². The number of ether oxygens (including phenoxy) is 5. The van der Waals surface area contributed by atoms with Crippen LogP contribution < -0.4 is 0 Å². The normalized spacial score (nSPS) is 30.1. The van der Waals surface area contributed by atoms with Crippen LogP contribution >= 0.6 is 0 Å². The van der Waals surface area contributed by atoms with E-state index in [0.29, 0.717) is 19.4 Å². The van der Waals surface area contributed by atoms with E-state index < -0.39 is 19.6 Å². The Kier molecular flexibility index (Phi) is 9.97. The lowest BCUT2D eigenvalue weighted by molar-refractivity contribution is -0.267. The predicted octanol–water partition coefficient (Wildman–Crippen LogP) is 3.75. The summed E-state index contributed by atoms with van der Waals surface area (Å²) in [5, 5.41) is 10.5. The fraction of sp³-hybridized carbons (Fsp3) is 0.957. The van der Waals surface area contributed by atoms with Crippen LogP contribution in [0.15, 0.2) is 0 Å². The molecule has 0 aromatic carbocycles. The maximum Gasteiger partial charge on any atom is 0.311 e. The van der Waals surface area contributed by atoms with Crippen LogP contribution in [-0.4, -0.2) is 75.8 Å². The molecule has 31 heavy (non-hydrogen) atoms. The standard InChI is InChI=1S/C23H44O7Si/c1-8-17(28-15-26-11-12-31(5,6)7)20-13-16(24)19-14-21(30-19)18(29-20)9-10-27-22(25)23(2,3)4/h16-21,24H,8-15H2,1-7H3/t16-,17-,18+,19-,20-,21+/m1/s1. The van der Waals surface area contributed by atoms with Gasteiger partial charge in [-0.15, -0.1) is 0 Å². The summed E-state index contributed by atoms with van der Waals surface area (Å²) in [6.07, 6.45) is 1.15. The van der Waals surface area contributed by atoms with Gasteiger partial charge in [0.25, 0.3) is 0 Å². The van der Waals surface area contributed by atoms with E-state index in [1.54, 1.807) is 0 Å². The van der Waals surface area contributed by atoms with Crippen molar-refractivity contribution in [2.24, 2.45) is 5.41 Å². The van der Waals surface area contributed by atoms with Crippen molar-refractivity contribution in [2.75, 3.05) is 20.0 Å². The van der Waals surface area contributed by atoms with Gasteiger partial charge in [-0.1, -0.05) is 26.6 Å². The molecule has 1 N–H and O–H groups in total. The summed E-state index contributed by atoms with van der Waals surface area (Å²) >= 11 is 0. The molecule has 2 bridgehead atoms. The summed E-state index contributed by atoms with van der Waals surface area (Å²) in [4.78, 5) is 12.1. The third-order valence-corrected chi connectivity index (χ3v) is 7.61. The van der Waals surface area contributed by atoms with Crippen LogP contribution in [-0.2, 0) is 28.5 Å². The Hall–Kier alpha value is -0.513. The van der Waals surface area contributed by atoms with E-state index in [0.717, 1.165) is 18.9 Å². The van der Waals surface area contributed by atoms with Crippen LogP contribution in [0.4, 0.5) is 0 Å². The van der Waals surface area contributed by atoms with E-state index in [9.17, 15) is 9.90 Å². The molecule has 0 unspecified atom stereocenters. The molecule has 3 heterocycles. The summed E-state index contributed by atoms with van der Waals surface area (Å²) in [6, 6.07) is 1.10. The van der Waals surface area contributed by atoms with Gasteiger partial charge in [-0.2, -0.15) is 0 Å². The first-order valence-electron chi connectivity index (χ1n) is 11.8. The van der Waals surface area contributed by atoms with Crippen molar-refractivity contribution in [1.82, 2.24) is 0 Å². The van der Waals surface area contributed by atoms with Gasteiger partial charge in [-0.25, -0.2) is 0 Å². The first-order chi connectivity index (χ1) is 14.4. The smallest absolute Gasteiger partial charge is 0.311 e. The van der Waals surface area contributed by atoms with Crippen LogP contribution in [0.1, 0.15) is 53.4 Å². The zero-order valence-corrected chi connectivity index (χ0v) is 21.5. The molecule has 0 radical (unpaired) electrons. The van der Waals surface area contributed by atoms with Gasteiger partial charge in [-0.3, -0.25) is 4.79 Å². The highest BCUT2D eigenvalue weighted by Gasteiger charge is 2.46. The second-order valence-corrected chi connectivity index (χ2v) is 16.7. The minimum absolute atomic E-state index is 0.0821. The Labute approximate surface area is 189 Å². The third-order valence-electron chi connectivity index (χ3n) is 5.91. The van der Waals surface area contributed by atoms with Crippen LogP contribution in [0.5, 0.6) is 0 Å². The molecule has 3 rings (SSSR count). The van der Waals surface area contributed by atoms with Crippen LogP contribution in [0.3, 0.4) is 0 Å². The lowest BCUT2D eigenvalue weighted by atomic mass is 9.88. The quantitative estimate of drug-likeness (QED) is 0.218. The number of rotatable bonds is 11. The largest absolute Gasteiger partial charge is 0.465 e. The number of carbonyl (C=O) groups is 1. The highest BCUT2D eigenvalue weighted by Crippen LogP contribution is 2.35. The second kappa shape index (κ2) is 11.6. The van der Waals surface area contributed by atoms with Gasteiger partial charge in [-0.05, 0) is 33.2 Å². The second-order valence-electron chi connectivity index (χ2n) is 11.1. The van der Waals surface area contributed by atoms with Crippen molar-refractivity contribution in [2.45, 2.75) is 116 Å². The van der Waals surface area contributed by atoms with Crippen molar-refractivity contribution < 1.29 is 33.6 Å². The minimum Gasteiger partial charge on any atom is -0.465 e. The van der Waals surface area contributed by atoms with Gasteiger partial charge >= 0.3 is 5.97 Å². The van der Waals surface area contributed by atoms with E-state index in [-0.39, 0.29) is 49.9 Å². The molecule has 8 heteroatoms. The Morgan fingerprint density at radius 1 is 1.13 bits per heavy atom. The molecule has 3 aliphatic rings. The molecule has 3 aliphatic heterocycles. The number of hydrogen-bond donors (Lipinski definition) is 1. The molecule has 3 saturated heterocycles. The molecule has 0 saturated carbocycles. The Morgan fingerprint density at radius 2 is 1.81 bits per heavy atom. The Morgan fingerprint density at radius 3 is 2.39 bits per heavy atom. The number of hydrogen-bond acceptors (Lipinski definition) is 7. The van der Waals surface area contributed by atoms with Crippen molar-refractivity contribution in [1.29, 1.82) is 0 Å². The molecule has 7 nitrogen and oxygen atoms in total. The van der Waals surface area contributed by atoms with Crippen molar-refractivity contribution in [3.8, 4) is 0 Å². The van der Waals surface area contributed by atoms with E-state index in [2.05, 4.69) is 26.6 Å². The summed E-state index contributed by atoms with van der Waals surface area (Å²) in [5.41, 5.74) is -0.525. The molecule has 182 valence electrons. The van der Waals surface area contributed by atoms with E-state index >= 15 is 0 Å². The van der Waals surface area contributed by atoms with Gasteiger partial charge < -0.3 is 28.8 Å². The average Bonchev–Trinajstić information content (AvgIpc) is 2.59. The molecule has 6 atom stereocenters. The average molecular weight is 461 g/mol. The van der Waals surface area contributed by atoms with Gasteiger partial charge in [0.2, 0.25) is 0 Å². The SMILES string of the molecule is CC[C@@H](OCOCC[Si](C)(C)C)[C@H]1C[C@@H](O)[C@H]2C[C@H](O2)[C@H](CCOC(=O)C(C)(C)C)O1. The fourth-order valence-corrected chi connectivity index (χ4v) is 4.48. The number of carbonyl (C=O) groups excluding carboxylic acids is 1. The molecular formula is C23H44O7Si. The highest BCUT2D eigenvalue weighted by atomic mass is 28.3. The number of aliphatic hydroxyl groups excluding tert-OH is 1. The summed E-state index contributed by atoms with van der Waals surface area (Å²) in [7, 11) is -1.13. The maximum atomic E-state index is 12.1. The fourth-order valence-electron chi connectivity index (χ4n) is 3.73. The molecular weight excluding hydrogens is 416 g/mol. The van der Waals surface area contributed by atoms with Gasteiger partial charge in [0.05, 0.1) is 48.6 Å². The van der Waals surface area contributed by atoms with Crippen LogP contribution in [0.25, 0.3) is 0 Å². The lowest BCUT2D eigenvalue weighted by Gasteiger charge is -2.48. The van der Waals surface area contributed by atoms with E-state index in [1.165, 1.54) is 0 Å². The van der Waals surface area contributed by atoms with E-state index in [1.807, 2.05) is 20.8 Å². The zero-order valence-electron chi connectivity index (χ0n) is 20.5. The Balaban J connectivity index is 1.88. The van der Waals surface area contributed by atoms with Crippen molar-refractivity contribution in [3.05, 3.63) is 0 Å². The Bertz CT molecular complexity index is 551. The summed E-state index contributed by atoms with van der Waals surface area (Å²) < 4.78 is 29.4. The summed E-state index contributed by atoms with van der Waals surface area (Å²) in [5.74, 6) is -0.219. The van der Waals surface area contributed by atoms with Gasteiger partial charge in [0.15, 0.2) is 0 Å². The summed E-state index contributed by atoms with van der Waals surface area (Å²) in [6.45, 7) is 15.8. The highest BCUT2D eigenvalue weighted by molar-refractivity contribution is 6.76. The van der Waals surface area contributed by atoms with Crippen LogP contribution in [0, 0.1) is 5.41 Å². The number of fused-ring (bicyclic) bond motifs is 4. The number of aliphatic hydroxyl groups is 1.